The van der Waals surface area contributed by atoms with E-state index in [4.69, 9.17) is 5.73 Å². The number of nitrogens with two attached hydrogens (primary N) is 1. The maximum absolute atomic E-state index is 12.0. The summed E-state index contributed by atoms with van der Waals surface area (Å²) < 4.78 is 0. The highest BCUT2D eigenvalue weighted by molar-refractivity contribution is 5.82. The van der Waals surface area contributed by atoms with E-state index in [1.54, 1.807) is 0 Å². The van der Waals surface area contributed by atoms with Gasteiger partial charge in [0.2, 0.25) is 5.91 Å². The molecule has 1 amide bonds. The van der Waals surface area contributed by atoms with Crippen LogP contribution in [-0.4, -0.2) is 43.5 Å². The Labute approximate surface area is 106 Å². The maximum Gasteiger partial charge on any atom is 0.237 e. The molecule has 1 unspecified atom stereocenters. The molecule has 4 heteroatoms. The van der Waals surface area contributed by atoms with Crippen LogP contribution in [0.15, 0.2) is 0 Å². The van der Waals surface area contributed by atoms with E-state index in [9.17, 15) is 4.79 Å². The molecule has 102 valence electrons. The van der Waals surface area contributed by atoms with Gasteiger partial charge in [0.15, 0.2) is 0 Å². The quantitative estimate of drug-likeness (QED) is 0.703. The molecule has 17 heavy (non-hydrogen) atoms. The number of amides is 1. The number of nitrogens with one attached hydrogen (secondary N) is 1. The van der Waals surface area contributed by atoms with Gasteiger partial charge in [-0.15, -0.1) is 0 Å². The molecule has 0 aromatic carbocycles. The van der Waals surface area contributed by atoms with Crippen molar-refractivity contribution >= 4 is 5.91 Å². The van der Waals surface area contributed by atoms with E-state index in [1.807, 2.05) is 21.0 Å². The number of carbonyl (C=O) groups is 1. The van der Waals surface area contributed by atoms with E-state index in [2.05, 4.69) is 31.0 Å². The second kappa shape index (κ2) is 7.67. The first-order chi connectivity index (χ1) is 7.79. The second-order valence-corrected chi connectivity index (χ2v) is 5.53. The molecular weight excluding hydrogens is 214 g/mol. The van der Waals surface area contributed by atoms with Crippen LogP contribution >= 0.6 is 0 Å². The molecule has 0 saturated heterocycles. The van der Waals surface area contributed by atoms with Crippen LogP contribution in [0.5, 0.6) is 0 Å². The Morgan fingerprint density at radius 1 is 1.29 bits per heavy atom. The van der Waals surface area contributed by atoms with Crippen LogP contribution in [0.3, 0.4) is 0 Å². The molecule has 3 atom stereocenters. The molecule has 0 heterocycles. The molecule has 0 aliphatic rings. The van der Waals surface area contributed by atoms with Crippen LogP contribution < -0.4 is 11.1 Å². The standard InChI is InChI=1S/C13H29N3O/c1-7-10(4)12(14)13(17)15-11(9(2)3)8-16(5)6/h9-12H,7-8,14H2,1-6H3,(H,15,17)/t10-,11?,12-/m0/s1. The first kappa shape index (κ1) is 16.4. The Kier molecular flexibility index (Phi) is 7.39. The maximum atomic E-state index is 12.0. The second-order valence-electron chi connectivity index (χ2n) is 5.53. The Morgan fingerprint density at radius 2 is 1.82 bits per heavy atom. The van der Waals surface area contributed by atoms with Gasteiger partial charge in [0.05, 0.1) is 6.04 Å². The number of carbonyl (C=O) groups excluding carboxylic acids is 1. The van der Waals surface area contributed by atoms with Crippen molar-refractivity contribution in [3.63, 3.8) is 0 Å². The summed E-state index contributed by atoms with van der Waals surface area (Å²) in [6.45, 7) is 9.14. The van der Waals surface area contributed by atoms with Crippen molar-refractivity contribution in [1.82, 2.24) is 10.2 Å². The predicted octanol–water partition coefficient (Wildman–Crippen LogP) is 1.06. The lowest BCUT2D eigenvalue weighted by atomic mass is 9.97. The molecule has 0 aliphatic heterocycles. The highest BCUT2D eigenvalue weighted by Gasteiger charge is 2.23. The van der Waals surface area contributed by atoms with Gasteiger partial charge in [-0.1, -0.05) is 34.1 Å². The van der Waals surface area contributed by atoms with E-state index in [-0.39, 0.29) is 17.9 Å². The average Bonchev–Trinajstić information content (AvgIpc) is 2.25. The SMILES string of the molecule is CC[C@H](C)[C@H](N)C(=O)NC(CN(C)C)C(C)C. The number of rotatable bonds is 7. The third-order valence-corrected chi connectivity index (χ3v) is 3.25. The molecule has 0 bridgehead atoms. The lowest BCUT2D eigenvalue weighted by Gasteiger charge is -2.28. The van der Waals surface area contributed by atoms with Crippen LogP contribution in [-0.2, 0) is 4.79 Å². The Bertz CT molecular complexity index is 229. The minimum Gasteiger partial charge on any atom is -0.350 e. The van der Waals surface area contributed by atoms with E-state index < -0.39 is 6.04 Å². The van der Waals surface area contributed by atoms with Crippen LogP contribution in [0.4, 0.5) is 0 Å². The van der Waals surface area contributed by atoms with Crippen molar-refractivity contribution in [2.45, 2.75) is 46.2 Å². The molecule has 0 saturated carbocycles. The summed E-state index contributed by atoms with van der Waals surface area (Å²) in [7, 11) is 4.02. The van der Waals surface area contributed by atoms with Gasteiger partial charge in [0.25, 0.3) is 0 Å². The zero-order chi connectivity index (χ0) is 13.6. The minimum atomic E-state index is -0.400. The van der Waals surface area contributed by atoms with Gasteiger partial charge in [0.1, 0.15) is 0 Å². The molecule has 0 rings (SSSR count). The molecule has 0 aromatic heterocycles. The van der Waals surface area contributed by atoms with Crippen molar-refractivity contribution in [3.8, 4) is 0 Å². The van der Waals surface area contributed by atoms with Crippen molar-refractivity contribution in [2.75, 3.05) is 20.6 Å². The lowest BCUT2D eigenvalue weighted by molar-refractivity contribution is -0.124. The molecule has 3 N–H and O–H groups in total. The van der Waals surface area contributed by atoms with Gasteiger partial charge >= 0.3 is 0 Å². The summed E-state index contributed by atoms with van der Waals surface area (Å²) >= 11 is 0. The van der Waals surface area contributed by atoms with E-state index in [0.29, 0.717) is 5.92 Å². The molecule has 0 aliphatic carbocycles. The van der Waals surface area contributed by atoms with Gasteiger partial charge in [0, 0.05) is 12.6 Å². The minimum absolute atomic E-state index is 0.0279. The van der Waals surface area contributed by atoms with Gasteiger partial charge in [-0.3, -0.25) is 4.79 Å². The van der Waals surface area contributed by atoms with Crippen LogP contribution in [0.2, 0.25) is 0 Å². The van der Waals surface area contributed by atoms with E-state index in [0.717, 1.165) is 13.0 Å². The summed E-state index contributed by atoms with van der Waals surface area (Å²) in [5, 5.41) is 3.06. The summed E-state index contributed by atoms with van der Waals surface area (Å²) in [6.07, 6.45) is 0.925. The molecular formula is C13H29N3O. The normalized spacial score (nSPS) is 17.0. The highest BCUT2D eigenvalue weighted by atomic mass is 16.2. The van der Waals surface area contributed by atoms with Gasteiger partial charge in [-0.05, 0) is 25.9 Å². The van der Waals surface area contributed by atoms with Crippen LogP contribution in [0.25, 0.3) is 0 Å². The third-order valence-electron chi connectivity index (χ3n) is 3.25. The highest BCUT2D eigenvalue weighted by Crippen LogP contribution is 2.08. The van der Waals surface area contributed by atoms with Crippen molar-refractivity contribution < 1.29 is 4.79 Å². The fraction of sp³-hybridized carbons (Fsp3) is 0.923. The molecule has 0 fully saturated rings. The zero-order valence-electron chi connectivity index (χ0n) is 12.2. The molecule has 0 spiro atoms. The fourth-order valence-electron chi connectivity index (χ4n) is 1.61. The topological polar surface area (TPSA) is 58.4 Å². The molecule has 0 radical (unpaired) electrons. The van der Waals surface area contributed by atoms with Gasteiger partial charge in [-0.25, -0.2) is 0 Å². The summed E-state index contributed by atoms with van der Waals surface area (Å²) in [5.74, 6) is 0.604. The van der Waals surface area contributed by atoms with Crippen LogP contribution in [0, 0.1) is 11.8 Å². The Hall–Kier alpha value is -0.610. The van der Waals surface area contributed by atoms with E-state index in [1.165, 1.54) is 0 Å². The zero-order valence-corrected chi connectivity index (χ0v) is 12.2. The number of nitrogens with zero attached hydrogens (tertiary/aromatic N) is 1. The Balaban J connectivity index is 4.40. The van der Waals surface area contributed by atoms with Gasteiger partial charge in [-0.2, -0.15) is 0 Å². The van der Waals surface area contributed by atoms with Crippen LogP contribution in [0.1, 0.15) is 34.1 Å². The first-order valence-electron chi connectivity index (χ1n) is 6.50. The summed E-state index contributed by atoms with van der Waals surface area (Å²) in [6, 6.07) is -0.240. The summed E-state index contributed by atoms with van der Waals surface area (Å²) in [5.41, 5.74) is 5.92. The van der Waals surface area contributed by atoms with Crippen molar-refractivity contribution in [1.29, 1.82) is 0 Å². The fourth-order valence-corrected chi connectivity index (χ4v) is 1.61. The lowest BCUT2D eigenvalue weighted by Crippen LogP contribution is -2.52. The number of hydrogen-bond donors (Lipinski definition) is 2. The van der Waals surface area contributed by atoms with Gasteiger partial charge < -0.3 is 16.0 Å². The predicted molar refractivity (Wildman–Crippen MR) is 72.8 cm³/mol. The number of hydrogen-bond acceptors (Lipinski definition) is 3. The van der Waals surface area contributed by atoms with Crippen molar-refractivity contribution in [2.24, 2.45) is 17.6 Å². The Morgan fingerprint density at radius 3 is 2.18 bits per heavy atom. The average molecular weight is 243 g/mol. The third kappa shape index (κ3) is 6.03. The molecule has 0 aromatic rings. The van der Waals surface area contributed by atoms with Crippen molar-refractivity contribution in [3.05, 3.63) is 0 Å². The largest absolute Gasteiger partial charge is 0.350 e. The molecule has 4 nitrogen and oxygen atoms in total. The summed E-state index contributed by atoms with van der Waals surface area (Å²) in [4.78, 5) is 14.1. The monoisotopic (exact) mass is 243 g/mol. The smallest absolute Gasteiger partial charge is 0.237 e. The number of likely N-dealkylation sites (N-methyl/N-ethyl adjacent to an activating group) is 1. The first-order valence-corrected chi connectivity index (χ1v) is 6.50. The van der Waals surface area contributed by atoms with E-state index >= 15 is 0 Å².